The number of esters is 2. The van der Waals surface area contributed by atoms with E-state index in [0.717, 1.165) is 11.6 Å². The van der Waals surface area contributed by atoms with E-state index in [1.54, 1.807) is 20.8 Å². The molecule has 0 aliphatic carbocycles. The zero-order valence-electron chi connectivity index (χ0n) is 19.4. The lowest BCUT2D eigenvalue weighted by Gasteiger charge is -2.17. The van der Waals surface area contributed by atoms with Crippen LogP contribution in [0.15, 0.2) is 60.9 Å². The number of hydrogen-bond acceptors (Lipinski definition) is 7. The molecular formula is C26H25FN2O5. The first-order valence-electron chi connectivity index (χ1n) is 10.5. The molecule has 0 atom stereocenters. The van der Waals surface area contributed by atoms with E-state index in [1.807, 2.05) is 30.3 Å². The number of nitrogens with zero attached hydrogens (tertiary/aromatic N) is 2. The van der Waals surface area contributed by atoms with Gasteiger partial charge in [0, 0.05) is 30.1 Å². The molecule has 0 aliphatic rings. The normalized spacial score (nSPS) is 11.3. The van der Waals surface area contributed by atoms with Crippen molar-refractivity contribution in [3.8, 4) is 17.1 Å². The van der Waals surface area contributed by atoms with Gasteiger partial charge in [-0.1, -0.05) is 30.3 Å². The Morgan fingerprint density at radius 1 is 1.06 bits per heavy atom. The van der Waals surface area contributed by atoms with Gasteiger partial charge in [0.15, 0.2) is 5.82 Å². The quantitative estimate of drug-likeness (QED) is 0.359. The zero-order valence-corrected chi connectivity index (χ0v) is 19.4. The minimum absolute atomic E-state index is 0.00938. The summed E-state index contributed by atoms with van der Waals surface area (Å²) in [5.74, 6) is -1.73. The number of benzene rings is 2. The van der Waals surface area contributed by atoms with Crippen molar-refractivity contribution < 1.29 is 28.2 Å². The van der Waals surface area contributed by atoms with Crippen molar-refractivity contribution in [1.82, 2.24) is 9.97 Å². The van der Waals surface area contributed by atoms with Crippen LogP contribution in [0, 0.1) is 5.82 Å². The molecule has 1 heterocycles. The van der Waals surface area contributed by atoms with Crippen LogP contribution in [0.2, 0.25) is 0 Å². The van der Waals surface area contributed by atoms with Gasteiger partial charge in [0.2, 0.25) is 0 Å². The van der Waals surface area contributed by atoms with Crippen LogP contribution in [-0.2, 0) is 20.9 Å². The lowest BCUT2D eigenvalue weighted by molar-refractivity contribution is -0.148. The first kappa shape index (κ1) is 24.6. The van der Waals surface area contributed by atoms with Gasteiger partial charge < -0.3 is 14.2 Å². The van der Waals surface area contributed by atoms with Crippen LogP contribution >= 0.6 is 0 Å². The smallest absolute Gasteiger partial charge is 0.342 e. The van der Waals surface area contributed by atoms with E-state index in [4.69, 9.17) is 14.2 Å². The number of carbonyl (C=O) groups is 2. The van der Waals surface area contributed by atoms with E-state index in [9.17, 15) is 14.0 Å². The van der Waals surface area contributed by atoms with Crippen molar-refractivity contribution >= 4 is 18.0 Å². The lowest BCUT2D eigenvalue weighted by atomic mass is 10.1. The van der Waals surface area contributed by atoms with E-state index in [-0.39, 0.29) is 29.3 Å². The van der Waals surface area contributed by atoms with Gasteiger partial charge in [-0.05, 0) is 38.5 Å². The average molecular weight is 464 g/mol. The molecule has 3 rings (SSSR count). The van der Waals surface area contributed by atoms with E-state index < -0.39 is 23.4 Å². The Bertz CT molecular complexity index is 1190. The maximum absolute atomic E-state index is 14.7. The van der Waals surface area contributed by atoms with Crippen LogP contribution in [0.1, 0.15) is 42.3 Å². The summed E-state index contributed by atoms with van der Waals surface area (Å²) in [4.78, 5) is 32.8. The van der Waals surface area contributed by atoms with E-state index in [1.165, 1.54) is 37.7 Å². The summed E-state index contributed by atoms with van der Waals surface area (Å²) in [7, 11) is 1.34. The Hall–Kier alpha value is -4.07. The maximum Gasteiger partial charge on any atom is 0.342 e. The monoisotopic (exact) mass is 464 g/mol. The summed E-state index contributed by atoms with van der Waals surface area (Å²) in [6.45, 7) is 5.37. The number of ether oxygens (including phenoxy) is 3. The molecule has 0 bridgehead atoms. The molecule has 0 amide bonds. The predicted octanol–water partition coefficient (Wildman–Crippen LogP) is 5.00. The van der Waals surface area contributed by atoms with Gasteiger partial charge in [-0.15, -0.1) is 0 Å². The number of hydrogen-bond donors (Lipinski definition) is 0. The standard InChI is InChI=1S/C26H25FN2O5/c1-26(2,3)34-23(30)11-10-18-14-28-24(29-15-18)19-12-20(22(32-4)13-21(19)27)25(31)33-16-17-8-6-5-7-9-17/h5-15H,16H2,1-4H3. The van der Waals surface area contributed by atoms with Gasteiger partial charge in [0.25, 0.3) is 0 Å². The summed E-state index contributed by atoms with van der Waals surface area (Å²) < 4.78 is 30.5. The second kappa shape index (κ2) is 10.7. The second-order valence-corrected chi connectivity index (χ2v) is 8.30. The lowest BCUT2D eigenvalue weighted by Crippen LogP contribution is -2.22. The molecule has 0 saturated carbocycles. The van der Waals surface area contributed by atoms with E-state index in [0.29, 0.717) is 5.56 Å². The van der Waals surface area contributed by atoms with Gasteiger partial charge in [-0.2, -0.15) is 0 Å². The summed E-state index contributed by atoms with van der Waals surface area (Å²) in [6.07, 6.45) is 5.62. The second-order valence-electron chi connectivity index (χ2n) is 8.30. The summed E-state index contributed by atoms with van der Waals surface area (Å²) in [5.41, 5.74) is 0.789. The van der Waals surface area contributed by atoms with Gasteiger partial charge in [-0.25, -0.2) is 23.9 Å². The minimum atomic E-state index is -0.668. The largest absolute Gasteiger partial charge is 0.496 e. The number of rotatable bonds is 7. The fourth-order valence-corrected chi connectivity index (χ4v) is 2.92. The summed E-state index contributed by atoms with van der Waals surface area (Å²) >= 11 is 0. The third-order valence-corrected chi connectivity index (χ3v) is 4.45. The van der Waals surface area contributed by atoms with Crippen molar-refractivity contribution in [2.24, 2.45) is 0 Å². The van der Waals surface area contributed by atoms with Crippen molar-refractivity contribution in [2.75, 3.05) is 7.11 Å². The third kappa shape index (κ3) is 6.71. The molecule has 176 valence electrons. The minimum Gasteiger partial charge on any atom is -0.496 e. The van der Waals surface area contributed by atoms with Gasteiger partial charge >= 0.3 is 11.9 Å². The number of aromatic nitrogens is 2. The number of carbonyl (C=O) groups excluding carboxylic acids is 2. The molecule has 1 aromatic heterocycles. The molecule has 0 fully saturated rings. The Morgan fingerprint density at radius 2 is 1.74 bits per heavy atom. The van der Waals surface area contributed by atoms with Crippen LogP contribution in [0.4, 0.5) is 4.39 Å². The van der Waals surface area contributed by atoms with E-state index in [2.05, 4.69) is 9.97 Å². The average Bonchev–Trinajstić information content (AvgIpc) is 2.81. The SMILES string of the molecule is COc1cc(F)c(-c2ncc(C=CC(=O)OC(C)(C)C)cn2)cc1C(=O)OCc1ccccc1. The molecule has 8 heteroatoms. The molecule has 34 heavy (non-hydrogen) atoms. The third-order valence-electron chi connectivity index (χ3n) is 4.45. The van der Waals surface area contributed by atoms with Crippen molar-refractivity contribution in [3.05, 3.63) is 83.4 Å². The van der Waals surface area contributed by atoms with Crippen LogP contribution in [0.3, 0.4) is 0 Å². The molecule has 2 aromatic carbocycles. The van der Waals surface area contributed by atoms with Crippen LogP contribution in [0.25, 0.3) is 17.5 Å². The van der Waals surface area contributed by atoms with Crippen molar-refractivity contribution in [1.29, 1.82) is 0 Å². The highest BCUT2D eigenvalue weighted by Gasteiger charge is 2.20. The van der Waals surface area contributed by atoms with Crippen LogP contribution in [0.5, 0.6) is 5.75 Å². The Balaban J connectivity index is 1.80. The fraction of sp³-hybridized carbons (Fsp3) is 0.231. The molecule has 0 radical (unpaired) electrons. The van der Waals surface area contributed by atoms with Crippen molar-refractivity contribution in [2.45, 2.75) is 33.0 Å². The molecule has 7 nitrogen and oxygen atoms in total. The van der Waals surface area contributed by atoms with Crippen molar-refractivity contribution in [3.63, 3.8) is 0 Å². The highest BCUT2D eigenvalue weighted by molar-refractivity contribution is 5.94. The molecular weight excluding hydrogens is 439 g/mol. The first-order valence-corrected chi connectivity index (χ1v) is 10.5. The maximum atomic E-state index is 14.7. The molecule has 0 spiro atoms. The molecule has 0 saturated heterocycles. The Morgan fingerprint density at radius 3 is 2.35 bits per heavy atom. The summed E-state index contributed by atoms with van der Waals surface area (Å²) in [6, 6.07) is 11.6. The molecule has 0 unspecified atom stereocenters. The number of methoxy groups -OCH3 is 1. The van der Waals surface area contributed by atoms with E-state index >= 15 is 0 Å². The summed E-state index contributed by atoms with van der Waals surface area (Å²) in [5, 5.41) is 0. The zero-order chi connectivity index (χ0) is 24.7. The molecule has 0 N–H and O–H groups in total. The highest BCUT2D eigenvalue weighted by Crippen LogP contribution is 2.29. The predicted molar refractivity (Wildman–Crippen MR) is 124 cm³/mol. The molecule has 0 aliphatic heterocycles. The van der Waals surface area contributed by atoms with Crippen LogP contribution in [-0.4, -0.2) is 34.6 Å². The van der Waals surface area contributed by atoms with Gasteiger partial charge in [0.05, 0.1) is 12.7 Å². The Labute approximate surface area is 197 Å². The fourth-order valence-electron chi connectivity index (χ4n) is 2.92. The first-order chi connectivity index (χ1) is 16.2. The van der Waals surface area contributed by atoms with Crippen LogP contribution < -0.4 is 4.74 Å². The van der Waals surface area contributed by atoms with Gasteiger partial charge in [-0.3, -0.25) is 0 Å². The highest BCUT2D eigenvalue weighted by atomic mass is 19.1. The van der Waals surface area contributed by atoms with Gasteiger partial charge in [0.1, 0.15) is 29.3 Å². The Kier molecular flexibility index (Phi) is 7.73. The number of halogens is 1. The molecule has 3 aromatic rings. The topological polar surface area (TPSA) is 87.6 Å².